The van der Waals surface area contributed by atoms with E-state index in [1.807, 2.05) is 0 Å². The topological polar surface area (TPSA) is 69.6 Å². The highest BCUT2D eigenvalue weighted by molar-refractivity contribution is 5.66. The molecule has 0 saturated heterocycles. The van der Waals surface area contributed by atoms with Crippen molar-refractivity contribution in [3.8, 4) is 0 Å². The Balaban J connectivity index is 0. The van der Waals surface area contributed by atoms with E-state index in [9.17, 15) is 4.79 Å². The van der Waals surface area contributed by atoms with Crippen molar-refractivity contribution in [1.29, 1.82) is 0 Å². The summed E-state index contributed by atoms with van der Waals surface area (Å²) in [6, 6.07) is 0. The van der Waals surface area contributed by atoms with Gasteiger partial charge in [0.05, 0.1) is 12.5 Å². The van der Waals surface area contributed by atoms with Crippen LogP contribution in [0.5, 0.6) is 0 Å². The molecule has 39 heavy (non-hydrogen) atoms. The molecule has 3 N–H and O–H groups in total. The summed E-state index contributed by atoms with van der Waals surface area (Å²) in [5.41, 5.74) is 0. The fourth-order valence-corrected chi connectivity index (χ4v) is 4.99. The second kappa shape index (κ2) is 37.4. The molecule has 0 aromatic carbocycles. The van der Waals surface area contributed by atoms with E-state index in [4.69, 9.17) is 10.2 Å². The van der Waals surface area contributed by atoms with Crippen molar-refractivity contribution in [3.05, 3.63) is 6.92 Å². The van der Waals surface area contributed by atoms with E-state index in [0.29, 0.717) is 6.54 Å². The van der Waals surface area contributed by atoms with Gasteiger partial charge in [0.2, 0.25) is 0 Å². The van der Waals surface area contributed by atoms with Crippen LogP contribution in [0, 0.1) is 6.92 Å². The summed E-state index contributed by atoms with van der Waals surface area (Å²) < 4.78 is 0. The number of hydrogen-bond acceptors (Lipinski definition) is 3. The van der Waals surface area contributed by atoms with E-state index in [1.54, 1.807) is 0 Å². The smallest absolute Gasteiger partial charge is 0.304 e. The van der Waals surface area contributed by atoms with Crippen molar-refractivity contribution < 1.29 is 15.0 Å². The average Bonchev–Trinajstić information content (AvgIpc) is 2.91. The maximum atomic E-state index is 10.3. The van der Waals surface area contributed by atoms with Crippen molar-refractivity contribution in [1.82, 2.24) is 5.32 Å². The molecule has 0 aliphatic heterocycles. The lowest BCUT2D eigenvalue weighted by Gasteiger charge is -2.04. The molecule has 0 aromatic rings. The van der Waals surface area contributed by atoms with Crippen LogP contribution in [0.15, 0.2) is 0 Å². The number of carboxylic acid groups (broad SMARTS) is 1. The number of aliphatic hydroxyl groups excluding tert-OH is 1. The standard InChI is InChI=1S/C20H41O.C15H31NO2/c1-3-4-5-6-7-8-9-10-11-12-13-14-15-16-17-18-19-20(2)21;1-2-3-4-5-6-7-8-9-10-11-13-16-14-12-15(17)18/h20-21H,2-19H2,1H3;16H,2-14H2,1H3,(H,17,18). The fourth-order valence-electron chi connectivity index (χ4n) is 4.99. The summed E-state index contributed by atoms with van der Waals surface area (Å²) >= 11 is 0. The Morgan fingerprint density at radius 3 is 1.15 bits per heavy atom. The van der Waals surface area contributed by atoms with Crippen molar-refractivity contribution in [2.45, 2.75) is 200 Å². The van der Waals surface area contributed by atoms with E-state index in [-0.39, 0.29) is 12.5 Å². The van der Waals surface area contributed by atoms with E-state index in [1.165, 1.54) is 161 Å². The molecule has 1 atom stereocenters. The highest BCUT2D eigenvalue weighted by Crippen LogP contribution is 2.14. The Bertz CT molecular complexity index is 442. The third kappa shape index (κ3) is 44.6. The number of aliphatic hydroxyl groups is 1. The molecule has 0 aliphatic carbocycles. The molecule has 0 saturated carbocycles. The Kier molecular flexibility index (Phi) is 38.9. The lowest BCUT2D eigenvalue weighted by atomic mass is 10.0. The van der Waals surface area contributed by atoms with E-state index in [2.05, 4.69) is 26.1 Å². The average molecular weight is 555 g/mol. The van der Waals surface area contributed by atoms with Crippen LogP contribution in [0.2, 0.25) is 0 Å². The van der Waals surface area contributed by atoms with Gasteiger partial charge in [0.25, 0.3) is 0 Å². The molecule has 235 valence electrons. The first kappa shape index (κ1) is 40.5. The zero-order valence-electron chi connectivity index (χ0n) is 26.8. The van der Waals surface area contributed by atoms with Crippen LogP contribution in [0.25, 0.3) is 0 Å². The summed E-state index contributed by atoms with van der Waals surface area (Å²) in [7, 11) is 0. The quantitative estimate of drug-likeness (QED) is 0.0745. The molecular formula is C35H72NO3. The van der Waals surface area contributed by atoms with Gasteiger partial charge in [-0.25, -0.2) is 0 Å². The SMILES string of the molecule is CCCCCCCCCCCCNCCC(=O)O.[CH2]C(O)CCCCCCCCCCCCCCCCCC. The maximum absolute atomic E-state index is 10.3. The van der Waals surface area contributed by atoms with Gasteiger partial charge in [-0.15, -0.1) is 0 Å². The highest BCUT2D eigenvalue weighted by atomic mass is 16.4. The summed E-state index contributed by atoms with van der Waals surface area (Å²) in [5, 5.41) is 20.7. The summed E-state index contributed by atoms with van der Waals surface area (Å²) in [5.74, 6) is -0.717. The second-order valence-electron chi connectivity index (χ2n) is 11.8. The van der Waals surface area contributed by atoms with Gasteiger partial charge in [0.15, 0.2) is 0 Å². The van der Waals surface area contributed by atoms with Gasteiger partial charge in [0, 0.05) is 6.54 Å². The summed E-state index contributed by atoms with van der Waals surface area (Å²) in [6.07, 6.45) is 36.6. The van der Waals surface area contributed by atoms with Crippen molar-refractivity contribution in [3.63, 3.8) is 0 Å². The number of hydrogen-bond donors (Lipinski definition) is 3. The Labute approximate surface area is 245 Å². The zero-order valence-corrected chi connectivity index (χ0v) is 26.8. The number of carbonyl (C=O) groups is 1. The molecule has 0 rings (SSSR count). The molecule has 1 unspecified atom stereocenters. The second-order valence-corrected chi connectivity index (χ2v) is 11.8. The molecule has 0 bridgehead atoms. The number of carboxylic acids is 1. The minimum atomic E-state index is -0.717. The summed E-state index contributed by atoms with van der Waals surface area (Å²) in [6.45, 7) is 9.71. The third-order valence-electron chi connectivity index (χ3n) is 7.61. The summed E-state index contributed by atoms with van der Waals surface area (Å²) in [4.78, 5) is 10.3. The van der Waals surface area contributed by atoms with Crippen LogP contribution < -0.4 is 5.32 Å². The van der Waals surface area contributed by atoms with Crippen molar-refractivity contribution in [2.24, 2.45) is 0 Å². The predicted octanol–water partition coefficient (Wildman–Crippen LogP) is 10.8. The van der Waals surface area contributed by atoms with Gasteiger partial charge in [0.1, 0.15) is 0 Å². The van der Waals surface area contributed by atoms with Crippen molar-refractivity contribution in [2.75, 3.05) is 13.1 Å². The maximum Gasteiger partial charge on any atom is 0.304 e. The number of nitrogens with one attached hydrogen (secondary N) is 1. The first-order chi connectivity index (χ1) is 19.0. The zero-order chi connectivity index (χ0) is 29.1. The fraction of sp³-hybridized carbons (Fsp3) is 0.943. The molecule has 1 radical (unpaired) electrons. The van der Waals surface area contributed by atoms with E-state index >= 15 is 0 Å². The molecule has 4 nitrogen and oxygen atoms in total. The molecule has 0 spiro atoms. The molecule has 0 aromatic heterocycles. The Hall–Kier alpha value is -0.610. The molecule has 0 fully saturated rings. The number of unbranched alkanes of at least 4 members (excludes halogenated alkanes) is 24. The van der Waals surface area contributed by atoms with Crippen LogP contribution in [0.3, 0.4) is 0 Å². The molecular weight excluding hydrogens is 482 g/mol. The lowest BCUT2D eigenvalue weighted by Crippen LogP contribution is -2.19. The Morgan fingerprint density at radius 1 is 0.538 bits per heavy atom. The number of rotatable bonds is 31. The predicted molar refractivity (Wildman–Crippen MR) is 172 cm³/mol. The molecule has 0 aliphatic rings. The molecule has 0 amide bonds. The Morgan fingerprint density at radius 2 is 0.846 bits per heavy atom. The van der Waals surface area contributed by atoms with Crippen LogP contribution in [-0.2, 0) is 4.79 Å². The minimum absolute atomic E-state index is 0.234. The van der Waals surface area contributed by atoms with Gasteiger partial charge >= 0.3 is 5.97 Å². The van der Waals surface area contributed by atoms with Gasteiger partial charge < -0.3 is 15.5 Å². The first-order valence-electron chi connectivity index (χ1n) is 17.5. The normalized spacial score (nSPS) is 11.8. The first-order valence-corrected chi connectivity index (χ1v) is 17.5. The van der Waals surface area contributed by atoms with Gasteiger partial charge in [-0.3, -0.25) is 4.79 Å². The molecule has 0 heterocycles. The van der Waals surface area contributed by atoms with Crippen molar-refractivity contribution >= 4 is 5.97 Å². The van der Waals surface area contributed by atoms with Crippen LogP contribution in [0.4, 0.5) is 0 Å². The highest BCUT2D eigenvalue weighted by Gasteiger charge is 1.97. The van der Waals surface area contributed by atoms with Crippen LogP contribution in [0.1, 0.15) is 194 Å². The van der Waals surface area contributed by atoms with Crippen LogP contribution >= 0.6 is 0 Å². The molecule has 4 heteroatoms. The van der Waals surface area contributed by atoms with Gasteiger partial charge in [-0.1, -0.05) is 174 Å². The lowest BCUT2D eigenvalue weighted by molar-refractivity contribution is -0.136. The monoisotopic (exact) mass is 555 g/mol. The van der Waals surface area contributed by atoms with E-state index in [0.717, 1.165) is 19.4 Å². The van der Waals surface area contributed by atoms with Gasteiger partial charge in [-0.2, -0.15) is 0 Å². The largest absolute Gasteiger partial charge is 0.481 e. The third-order valence-corrected chi connectivity index (χ3v) is 7.61. The number of aliphatic carboxylic acids is 1. The van der Waals surface area contributed by atoms with Crippen LogP contribution in [-0.4, -0.2) is 35.4 Å². The minimum Gasteiger partial charge on any atom is -0.481 e. The van der Waals surface area contributed by atoms with E-state index < -0.39 is 5.97 Å². The van der Waals surface area contributed by atoms with Gasteiger partial charge in [-0.05, 0) is 26.3 Å².